The Morgan fingerprint density at radius 3 is 2.44 bits per heavy atom. The summed E-state index contributed by atoms with van der Waals surface area (Å²) in [5, 5.41) is 14.3. The van der Waals surface area contributed by atoms with E-state index in [0.29, 0.717) is 37.6 Å². The number of hydrogen-bond donors (Lipinski definition) is 4. The van der Waals surface area contributed by atoms with E-state index in [4.69, 9.17) is 28.9 Å². The van der Waals surface area contributed by atoms with Crippen LogP contribution in [0.15, 0.2) is 48.7 Å². The largest absolute Gasteiger partial charge is 0.488 e. The number of carbonyl (C=O) groups is 4. The van der Waals surface area contributed by atoms with E-state index in [0.717, 1.165) is 66.8 Å². The summed E-state index contributed by atoms with van der Waals surface area (Å²) in [7, 11) is 5.62. The van der Waals surface area contributed by atoms with Gasteiger partial charge in [-0.05, 0) is 92.3 Å². The summed E-state index contributed by atoms with van der Waals surface area (Å²) in [5.74, 6) is 1.65. The normalized spacial score (nSPS) is 21.5. The first kappa shape index (κ1) is 42.5. The van der Waals surface area contributed by atoms with Gasteiger partial charge in [0.25, 0.3) is 0 Å². The lowest BCUT2D eigenvalue weighted by Crippen LogP contribution is -2.55. The van der Waals surface area contributed by atoms with Crippen LogP contribution in [0.2, 0.25) is 0 Å². The molecule has 4 amide bonds. The Morgan fingerprint density at radius 1 is 0.935 bits per heavy atom. The number of likely N-dealkylation sites (N-methyl/N-ethyl adjacent to an activating group) is 1. The Hall–Kier alpha value is -6.20. The van der Waals surface area contributed by atoms with Gasteiger partial charge in [-0.3, -0.25) is 14.5 Å². The Morgan fingerprint density at radius 2 is 1.71 bits per heavy atom. The molecule has 8 rings (SSSR count). The van der Waals surface area contributed by atoms with E-state index in [1.54, 1.807) is 29.8 Å². The average molecular weight is 851 g/mol. The zero-order chi connectivity index (χ0) is 44.1. The maximum atomic E-state index is 14.0. The molecule has 0 bridgehead atoms. The van der Waals surface area contributed by atoms with E-state index in [9.17, 15) is 24.3 Å². The van der Waals surface area contributed by atoms with Crippen molar-refractivity contribution in [3.05, 3.63) is 65.9 Å². The Kier molecular flexibility index (Phi) is 11.6. The van der Waals surface area contributed by atoms with Crippen molar-refractivity contribution < 1.29 is 43.2 Å². The smallest absolute Gasteiger partial charge is 0.407 e. The number of benzene rings is 3. The summed E-state index contributed by atoms with van der Waals surface area (Å²) >= 11 is 0. The van der Waals surface area contributed by atoms with Crippen molar-refractivity contribution in [2.45, 2.75) is 96.0 Å². The number of imidazole rings is 2. The Balaban J connectivity index is 1.05. The third-order valence-electron chi connectivity index (χ3n) is 13.0. The molecule has 17 heteroatoms. The molecule has 0 spiro atoms. The number of likely N-dealkylation sites (tertiary alicyclic amines) is 2. The third-order valence-corrected chi connectivity index (χ3v) is 13.0. The molecule has 5 heterocycles. The van der Waals surface area contributed by atoms with Gasteiger partial charge >= 0.3 is 12.2 Å². The minimum atomic E-state index is -1.20. The van der Waals surface area contributed by atoms with Crippen LogP contribution in [0.4, 0.5) is 9.59 Å². The molecule has 0 aliphatic carbocycles. The van der Waals surface area contributed by atoms with Crippen molar-refractivity contribution in [1.29, 1.82) is 0 Å². The lowest BCUT2D eigenvalue weighted by Gasteiger charge is -2.34. The summed E-state index contributed by atoms with van der Waals surface area (Å²) in [6, 6.07) is 11.7. The SMILES string of the molecule is COC(=O)N[C@H](C(=O)N1C(c2ncc(-c3ccc4c(c3)COc3cc5c(ccc6nc(C7CC(C)CN7C(=O)[C@H]([C@@H](C)OC)N(C)C(=O)O)[nH]c65)cc3-4)[nH]2)CC[C@@H]1C)[C@@H](C)OC. The molecule has 17 nitrogen and oxygen atoms in total. The molecule has 0 saturated carbocycles. The van der Waals surface area contributed by atoms with Gasteiger partial charge in [0.1, 0.15) is 36.1 Å². The number of fused-ring (bicyclic) bond motifs is 6. The number of methoxy groups -OCH3 is 3. The molecule has 2 saturated heterocycles. The highest BCUT2D eigenvalue weighted by molar-refractivity contribution is 6.07. The highest BCUT2D eigenvalue weighted by Gasteiger charge is 2.44. The van der Waals surface area contributed by atoms with Gasteiger partial charge in [-0.25, -0.2) is 19.6 Å². The number of nitrogens with zero attached hydrogens (tertiary/aromatic N) is 5. The van der Waals surface area contributed by atoms with Crippen molar-refractivity contribution in [2.75, 3.05) is 34.9 Å². The second-order valence-electron chi connectivity index (χ2n) is 16.9. The molecule has 3 aromatic carbocycles. The minimum absolute atomic E-state index is 0.0783. The number of H-pyrrole nitrogens is 2. The predicted octanol–water partition coefficient (Wildman–Crippen LogP) is 6.40. The van der Waals surface area contributed by atoms with E-state index in [2.05, 4.69) is 46.5 Å². The van der Waals surface area contributed by atoms with E-state index in [1.807, 2.05) is 25.1 Å². The van der Waals surface area contributed by atoms with Gasteiger partial charge in [0, 0.05) is 44.8 Å². The summed E-state index contributed by atoms with van der Waals surface area (Å²) in [4.78, 5) is 73.4. The zero-order valence-electron chi connectivity index (χ0n) is 36.2. The van der Waals surface area contributed by atoms with Gasteiger partial charge in [0.05, 0.1) is 54.3 Å². The van der Waals surface area contributed by atoms with E-state index in [1.165, 1.54) is 28.4 Å². The van der Waals surface area contributed by atoms with Crippen molar-refractivity contribution in [3.8, 4) is 28.1 Å². The number of rotatable bonds is 11. The van der Waals surface area contributed by atoms with Crippen LogP contribution >= 0.6 is 0 Å². The standard InChI is InChI=1S/C45H54N8O9/c1-22-15-35(52(20-22)43(55)39(25(4)60-7)51(5)45(57)58)41-47-32-13-11-26-17-31-29-12-10-27(16-28(29)21-62-36(31)18-30(26)38(32)49-41)33-19-46-40(48-33)34-14-9-23(2)53(34)42(54)37(24(3)59-6)50-44(56)61-8/h10-13,16-19,22-25,34-35,37,39H,9,14-15,20-21H2,1-8H3,(H,46,48)(H,47,49)(H,50,56)(H,57,58)/t22?,23-,24+,25+,34?,35?,37-,39-/m0/s1. The molecule has 4 N–H and O–H groups in total. The van der Waals surface area contributed by atoms with Crippen LogP contribution < -0.4 is 10.1 Å². The number of alkyl carbamates (subject to hydrolysis) is 1. The van der Waals surface area contributed by atoms with Crippen LogP contribution in [0.25, 0.3) is 44.2 Å². The molecule has 3 unspecified atom stereocenters. The zero-order valence-corrected chi connectivity index (χ0v) is 36.2. The van der Waals surface area contributed by atoms with Crippen LogP contribution in [0, 0.1) is 5.92 Å². The third kappa shape index (κ3) is 7.57. The molecular formula is C45H54N8O9. The average Bonchev–Trinajstić information content (AvgIpc) is 4.09. The van der Waals surface area contributed by atoms with Crippen molar-refractivity contribution in [1.82, 2.24) is 40.0 Å². The summed E-state index contributed by atoms with van der Waals surface area (Å²) in [5.41, 5.74) is 6.35. The molecule has 62 heavy (non-hydrogen) atoms. The van der Waals surface area contributed by atoms with Crippen molar-refractivity contribution >= 4 is 45.8 Å². The predicted molar refractivity (Wildman–Crippen MR) is 229 cm³/mol. The summed E-state index contributed by atoms with van der Waals surface area (Å²) in [6.45, 7) is 8.33. The molecule has 3 aliphatic heterocycles. The van der Waals surface area contributed by atoms with Gasteiger partial charge in [-0.15, -0.1) is 0 Å². The van der Waals surface area contributed by atoms with Crippen molar-refractivity contribution in [2.24, 2.45) is 5.92 Å². The van der Waals surface area contributed by atoms with Crippen LogP contribution in [-0.4, -0.2) is 129 Å². The number of amides is 4. The molecule has 2 aromatic heterocycles. The maximum absolute atomic E-state index is 14.0. The molecule has 2 fully saturated rings. The monoisotopic (exact) mass is 850 g/mol. The van der Waals surface area contributed by atoms with Gasteiger partial charge in [0.15, 0.2) is 0 Å². The number of ether oxygens (including phenoxy) is 4. The van der Waals surface area contributed by atoms with E-state index >= 15 is 0 Å². The lowest BCUT2D eigenvalue weighted by atomic mass is 9.92. The Bertz CT molecular complexity index is 2540. The number of hydrogen-bond acceptors (Lipinski definition) is 10. The van der Waals surface area contributed by atoms with E-state index in [-0.39, 0.29) is 35.9 Å². The summed E-state index contributed by atoms with van der Waals surface area (Å²) in [6.07, 6.45) is 0.798. The topological polar surface area (TPSA) is 205 Å². The fourth-order valence-electron chi connectivity index (χ4n) is 9.42. The van der Waals surface area contributed by atoms with E-state index < -0.39 is 36.5 Å². The van der Waals surface area contributed by atoms with Gasteiger partial charge in [-0.1, -0.05) is 25.1 Å². The van der Waals surface area contributed by atoms with Gasteiger partial charge < -0.3 is 49.1 Å². The molecule has 5 aromatic rings. The summed E-state index contributed by atoms with van der Waals surface area (Å²) < 4.78 is 22.1. The highest BCUT2D eigenvalue weighted by atomic mass is 16.5. The van der Waals surface area contributed by atoms with Gasteiger partial charge in [-0.2, -0.15) is 0 Å². The maximum Gasteiger partial charge on any atom is 0.407 e. The first-order valence-corrected chi connectivity index (χ1v) is 21.0. The van der Waals surface area contributed by atoms with Crippen LogP contribution in [0.3, 0.4) is 0 Å². The molecule has 8 atom stereocenters. The number of carboxylic acid groups (broad SMARTS) is 1. The first-order valence-electron chi connectivity index (χ1n) is 21.0. The van der Waals surface area contributed by atoms with Crippen molar-refractivity contribution in [3.63, 3.8) is 0 Å². The van der Waals surface area contributed by atoms with Gasteiger partial charge in [0.2, 0.25) is 11.8 Å². The molecule has 0 radical (unpaired) electrons. The van der Waals surface area contributed by atoms with Crippen LogP contribution in [-0.2, 0) is 30.4 Å². The van der Waals surface area contributed by atoms with Crippen LogP contribution in [0.5, 0.6) is 5.75 Å². The molecule has 3 aliphatic rings. The number of aromatic nitrogens is 4. The highest BCUT2D eigenvalue weighted by Crippen LogP contribution is 2.44. The molecular weight excluding hydrogens is 797 g/mol. The Labute approximate surface area is 359 Å². The number of nitrogens with one attached hydrogen (secondary N) is 3. The second kappa shape index (κ2) is 16.9. The second-order valence-corrected chi connectivity index (χ2v) is 16.9. The first-order chi connectivity index (χ1) is 29.7. The number of carbonyl (C=O) groups excluding carboxylic acids is 3. The fourth-order valence-corrected chi connectivity index (χ4v) is 9.42. The lowest BCUT2D eigenvalue weighted by molar-refractivity contribution is -0.141. The molecule has 328 valence electrons. The van der Waals surface area contributed by atoms with Crippen LogP contribution in [0.1, 0.15) is 76.3 Å². The fraction of sp³-hybridized carbons (Fsp3) is 0.467. The minimum Gasteiger partial charge on any atom is -0.488 e. The quantitative estimate of drug-likeness (QED) is 0.115. The number of aromatic amines is 2.